The minimum Gasteiger partial charge on any atom is -0.364 e. The number of aryl methyl sites for hydroxylation is 1. The summed E-state index contributed by atoms with van der Waals surface area (Å²) >= 11 is 0. The van der Waals surface area contributed by atoms with Gasteiger partial charge in [0.1, 0.15) is 11.9 Å². The summed E-state index contributed by atoms with van der Waals surface area (Å²) in [5, 5.41) is 5.45. The van der Waals surface area contributed by atoms with Crippen molar-refractivity contribution in [2.45, 2.75) is 69.4 Å². The van der Waals surface area contributed by atoms with Crippen molar-refractivity contribution in [3.05, 3.63) is 76.6 Å². The van der Waals surface area contributed by atoms with Gasteiger partial charge in [-0.25, -0.2) is 14.8 Å². The van der Waals surface area contributed by atoms with Crippen molar-refractivity contribution < 1.29 is 33.6 Å². The summed E-state index contributed by atoms with van der Waals surface area (Å²) < 4.78 is 0. The van der Waals surface area contributed by atoms with Crippen molar-refractivity contribution in [2.24, 2.45) is 5.73 Å². The van der Waals surface area contributed by atoms with E-state index in [1.807, 2.05) is 41.1 Å². The van der Waals surface area contributed by atoms with Crippen LogP contribution in [0, 0.1) is 0 Å². The molecule has 8 rings (SSSR count). The van der Waals surface area contributed by atoms with Crippen molar-refractivity contribution in [2.75, 3.05) is 56.5 Å². The number of benzene rings is 2. The second-order valence-electron chi connectivity index (χ2n) is 15.6. The van der Waals surface area contributed by atoms with Gasteiger partial charge in [-0.1, -0.05) is 24.3 Å². The first kappa shape index (κ1) is 38.5. The van der Waals surface area contributed by atoms with E-state index in [4.69, 9.17) is 10.7 Å². The number of amides is 8. The van der Waals surface area contributed by atoms with Crippen LogP contribution in [0.25, 0.3) is 0 Å². The molecule has 3 aromatic rings. The first-order valence-electron chi connectivity index (χ1n) is 19.9. The number of urea groups is 1. The molecular weight excluding hydrogens is 745 g/mol. The van der Waals surface area contributed by atoms with Crippen molar-refractivity contribution in [1.29, 1.82) is 0 Å². The number of anilines is 3. The van der Waals surface area contributed by atoms with E-state index in [0.29, 0.717) is 49.8 Å². The van der Waals surface area contributed by atoms with Gasteiger partial charge in [0.05, 0.1) is 23.4 Å². The topological polar surface area (TPSA) is 212 Å². The Morgan fingerprint density at radius 1 is 0.914 bits per heavy atom. The van der Waals surface area contributed by atoms with Crippen LogP contribution in [-0.4, -0.2) is 129 Å². The molecule has 0 bridgehead atoms. The molecule has 8 amide bonds. The van der Waals surface area contributed by atoms with Crippen LogP contribution in [-0.2, 0) is 20.8 Å². The third kappa shape index (κ3) is 7.43. The van der Waals surface area contributed by atoms with Crippen LogP contribution < -0.4 is 21.3 Å². The third-order valence-corrected chi connectivity index (χ3v) is 12.1. The maximum absolute atomic E-state index is 13.5. The fraction of sp³-hybridized carbons (Fsp3) is 0.439. The molecule has 4 fully saturated rings. The highest BCUT2D eigenvalue weighted by Crippen LogP contribution is 2.33. The first-order chi connectivity index (χ1) is 28.0. The van der Waals surface area contributed by atoms with Crippen molar-refractivity contribution in [3.63, 3.8) is 0 Å². The van der Waals surface area contributed by atoms with Crippen LogP contribution >= 0.6 is 0 Å². The summed E-state index contributed by atoms with van der Waals surface area (Å²) in [5.74, 6) is -1.90. The summed E-state index contributed by atoms with van der Waals surface area (Å²) in [6, 6.07) is 11.9. The molecule has 58 heavy (non-hydrogen) atoms. The van der Waals surface area contributed by atoms with Gasteiger partial charge in [0, 0.05) is 64.8 Å². The number of rotatable bonds is 10. The highest BCUT2D eigenvalue weighted by atomic mass is 16.2. The van der Waals surface area contributed by atoms with Crippen LogP contribution in [0.4, 0.5) is 22.1 Å². The largest absolute Gasteiger partial charge is 0.364 e. The SMILES string of the molecule is CN1CCN([C@@H]2CCCN(c3cnc(C(N)=O)c(Nc4ccc(C5CCN(C(=O)CCc6cccc7c6C(=O)N(C6CCC(=O)NC6=O)C7=O)CC5)cc4)n3)C2)C1=O. The number of carbonyl (C=O) groups is 7. The number of likely N-dealkylation sites (N-methyl/N-ethyl adjacent to an activating group) is 1. The second kappa shape index (κ2) is 15.9. The smallest absolute Gasteiger partial charge is 0.320 e. The average Bonchev–Trinajstić information content (AvgIpc) is 3.70. The molecule has 17 heteroatoms. The Kier molecular flexibility index (Phi) is 10.5. The Bertz CT molecular complexity index is 2190. The number of primary amides is 1. The van der Waals surface area contributed by atoms with E-state index in [0.717, 1.165) is 42.7 Å². The molecule has 0 radical (unpaired) electrons. The maximum Gasteiger partial charge on any atom is 0.320 e. The highest BCUT2D eigenvalue weighted by Gasteiger charge is 2.45. The molecule has 5 aliphatic rings. The number of likely N-dealkylation sites (tertiary alicyclic amines) is 1. The number of fused-ring (bicyclic) bond motifs is 1. The summed E-state index contributed by atoms with van der Waals surface area (Å²) in [6.45, 7) is 3.92. The molecule has 17 nitrogen and oxygen atoms in total. The van der Waals surface area contributed by atoms with E-state index < -0.39 is 35.6 Å². The predicted molar refractivity (Wildman–Crippen MR) is 210 cm³/mol. The van der Waals surface area contributed by atoms with Gasteiger partial charge in [-0.05, 0) is 73.8 Å². The lowest BCUT2D eigenvalue weighted by Crippen LogP contribution is -2.54. The first-order valence-corrected chi connectivity index (χ1v) is 19.9. The molecule has 4 N–H and O–H groups in total. The Balaban J connectivity index is 0.858. The van der Waals surface area contributed by atoms with Gasteiger partial charge in [-0.15, -0.1) is 0 Å². The third-order valence-electron chi connectivity index (χ3n) is 12.1. The van der Waals surface area contributed by atoms with Crippen LogP contribution in [0.5, 0.6) is 0 Å². The van der Waals surface area contributed by atoms with Crippen LogP contribution in [0.15, 0.2) is 48.7 Å². The average molecular weight is 791 g/mol. The van der Waals surface area contributed by atoms with Gasteiger partial charge in [0.2, 0.25) is 17.7 Å². The van der Waals surface area contributed by atoms with E-state index in [-0.39, 0.29) is 72.2 Å². The fourth-order valence-electron chi connectivity index (χ4n) is 8.85. The molecule has 2 aromatic carbocycles. The molecule has 4 saturated heterocycles. The Morgan fingerprint density at radius 2 is 1.69 bits per heavy atom. The minimum atomic E-state index is -1.05. The van der Waals surface area contributed by atoms with Crippen molar-refractivity contribution in [3.8, 4) is 0 Å². The quantitative estimate of drug-likeness (QED) is 0.254. The number of imide groups is 2. The van der Waals surface area contributed by atoms with Gasteiger partial charge >= 0.3 is 6.03 Å². The molecule has 0 saturated carbocycles. The van der Waals surface area contributed by atoms with Gasteiger partial charge in [0.25, 0.3) is 17.7 Å². The molecule has 302 valence electrons. The Hall–Kier alpha value is -6.39. The minimum absolute atomic E-state index is 0.0284. The number of hydrogen-bond acceptors (Lipinski definition) is 11. The van der Waals surface area contributed by atoms with E-state index in [2.05, 4.69) is 20.5 Å². The normalized spacial score (nSPS) is 21.5. The highest BCUT2D eigenvalue weighted by molar-refractivity contribution is 6.24. The van der Waals surface area contributed by atoms with E-state index in [1.165, 1.54) is 0 Å². The van der Waals surface area contributed by atoms with Crippen LogP contribution in [0.2, 0.25) is 0 Å². The van der Waals surface area contributed by atoms with Gasteiger partial charge in [-0.2, -0.15) is 0 Å². The second-order valence-corrected chi connectivity index (χ2v) is 15.6. The zero-order valence-electron chi connectivity index (χ0n) is 32.3. The van der Waals surface area contributed by atoms with Gasteiger partial charge < -0.3 is 30.7 Å². The maximum atomic E-state index is 13.5. The summed E-state index contributed by atoms with van der Waals surface area (Å²) in [7, 11) is 1.81. The summed E-state index contributed by atoms with van der Waals surface area (Å²) in [6.07, 6.45) is 5.43. The Labute approximate surface area is 334 Å². The summed E-state index contributed by atoms with van der Waals surface area (Å²) in [4.78, 5) is 107. The number of carbonyl (C=O) groups excluding carboxylic acids is 7. The number of aromatic nitrogens is 2. The van der Waals surface area contributed by atoms with E-state index in [1.54, 1.807) is 29.3 Å². The fourth-order valence-corrected chi connectivity index (χ4v) is 8.85. The van der Waals surface area contributed by atoms with Gasteiger partial charge in [-0.3, -0.25) is 39.0 Å². The monoisotopic (exact) mass is 790 g/mol. The van der Waals surface area contributed by atoms with Crippen LogP contribution in [0.3, 0.4) is 0 Å². The lowest BCUT2D eigenvalue weighted by atomic mass is 9.89. The number of nitrogens with two attached hydrogens (primary N) is 1. The number of nitrogens with one attached hydrogen (secondary N) is 2. The number of nitrogens with zero attached hydrogens (tertiary/aromatic N) is 7. The van der Waals surface area contributed by atoms with Crippen molar-refractivity contribution in [1.82, 2.24) is 34.9 Å². The van der Waals surface area contributed by atoms with Crippen LogP contribution in [0.1, 0.15) is 93.2 Å². The molecular formula is C41H46N10O7. The summed E-state index contributed by atoms with van der Waals surface area (Å²) in [5.41, 5.74) is 8.54. The van der Waals surface area contributed by atoms with E-state index in [9.17, 15) is 33.6 Å². The molecule has 1 unspecified atom stereocenters. The lowest BCUT2D eigenvalue weighted by Gasteiger charge is -2.37. The van der Waals surface area contributed by atoms with Gasteiger partial charge in [0.15, 0.2) is 11.5 Å². The molecule has 0 spiro atoms. The van der Waals surface area contributed by atoms with E-state index >= 15 is 0 Å². The molecule has 1 aromatic heterocycles. The lowest BCUT2D eigenvalue weighted by molar-refractivity contribution is -0.136. The number of piperidine rings is 3. The Morgan fingerprint density at radius 3 is 2.40 bits per heavy atom. The standard InChI is InChI=1S/C41H46N10O7/c1-47-20-21-50(41(47)58)28-5-3-17-49(23-28)31-22-43-35(36(42)54)37(45-31)44-27-10-7-24(8-11-27)25-15-18-48(19-16-25)33(53)14-9-26-4-2-6-29-34(26)40(57)51(39(29)56)30-12-13-32(52)46-38(30)55/h2,4,6-8,10-11,22,25,28,30H,3,5,9,12-21,23H2,1H3,(H2,42,54)(H,44,45)(H,46,52,55)/t28-,30?/m1/s1. The molecule has 6 heterocycles. The number of hydrogen-bond donors (Lipinski definition) is 3. The molecule has 5 aliphatic heterocycles. The molecule has 2 atom stereocenters. The molecule has 0 aliphatic carbocycles. The predicted octanol–water partition coefficient (Wildman–Crippen LogP) is 2.40. The zero-order valence-corrected chi connectivity index (χ0v) is 32.3. The zero-order chi connectivity index (χ0) is 40.7. The van der Waals surface area contributed by atoms with Crippen molar-refractivity contribution >= 4 is 58.8 Å².